The fourth-order valence-electron chi connectivity index (χ4n) is 2.58. The average Bonchev–Trinajstić information content (AvgIpc) is 2.29. The van der Waals surface area contributed by atoms with E-state index in [-0.39, 0.29) is 0 Å². The van der Waals surface area contributed by atoms with Gasteiger partial charge in [-0.15, -0.1) is 0 Å². The van der Waals surface area contributed by atoms with E-state index in [0.717, 1.165) is 18.5 Å². The molecule has 3 unspecified atom stereocenters. The van der Waals surface area contributed by atoms with Crippen LogP contribution >= 0.6 is 0 Å². The molecule has 16 heavy (non-hydrogen) atoms. The highest BCUT2D eigenvalue weighted by Crippen LogP contribution is 2.36. The van der Waals surface area contributed by atoms with E-state index >= 15 is 0 Å². The van der Waals surface area contributed by atoms with E-state index in [1.807, 2.05) is 18.2 Å². The van der Waals surface area contributed by atoms with Crippen LogP contribution in [0.4, 0.5) is 0 Å². The minimum Gasteiger partial charge on any atom is -0.508 e. The van der Waals surface area contributed by atoms with Crippen LogP contribution in [0, 0.1) is 5.92 Å². The maximum Gasteiger partial charge on any atom is 0.119 e. The van der Waals surface area contributed by atoms with Crippen molar-refractivity contribution in [2.75, 3.05) is 13.1 Å². The Balaban J connectivity index is 2.26. The molecule has 1 saturated heterocycles. The fourth-order valence-corrected chi connectivity index (χ4v) is 2.58. The minimum atomic E-state index is 0.377. The number of hydrogen-bond donors (Lipinski definition) is 3. The van der Waals surface area contributed by atoms with Crippen molar-refractivity contribution in [3.8, 4) is 5.75 Å². The van der Waals surface area contributed by atoms with E-state index in [1.54, 1.807) is 6.07 Å². The Morgan fingerprint density at radius 3 is 2.88 bits per heavy atom. The number of phenolic OH excluding ortho intramolecular Hbond substituents is 1. The SMILES string of the molecule is CC1CC(c2ccccc2O)C(CN)CN1. The summed E-state index contributed by atoms with van der Waals surface area (Å²) in [7, 11) is 0. The van der Waals surface area contributed by atoms with Gasteiger partial charge in [-0.05, 0) is 49.9 Å². The number of rotatable bonds is 2. The lowest BCUT2D eigenvalue weighted by molar-refractivity contribution is 0.280. The normalized spacial score (nSPS) is 30.2. The first kappa shape index (κ1) is 11.4. The average molecular weight is 220 g/mol. The van der Waals surface area contributed by atoms with Gasteiger partial charge in [0.05, 0.1) is 0 Å². The van der Waals surface area contributed by atoms with Gasteiger partial charge >= 0.3 is 0 Å². The number of nitrogens with two attached hydrogens (primary N) is 1. The topological polar surface area (TPSA) is 58.3 Å². The molecule has 1 fully saturated rings. The second-order valence-electron chi connectivity index (χ2n) is 4.71. The molecule has 1 aliphatic heterocycles. The number of phenols is 1. The van der Waals surface area contributed by atoms with E-state index in [2.05, 4.69) is 12.2 Å². The van der Waals surface area contributed by atoms with Crippen LogP contribution in [0.15, 0.2) is 24.3 Å². The predicted octanol–water partition coefficient (Wildman–Crippen LogP) is 1.43. The summed E-state index contributed by atoms with van der Waals surface area (Å²) in [6.45, 7) is 3.79. The van der Waals surface area contributed by atoms with Gasteiger partial charge < -0.3 is 16.2 Å². The lowest BCUT2D eigenvalue weighted by atomic mass is 9.78. The molecule has 3 heteroatoms. The van der Waals surface area contributed by atoms with Gasteiger partial charge in [0.1, 0.15) is 5.75 Å². The molecule has 3 atom stereocenters. The molecule has 0 amide bonds. The van der Waals surface area contributed by atoms with Crippen LogP contribution in [-0.2, 0) is 0 Å². The van der Waals surface area contributed by atoms with Crippen molar-refractivity contribution in [1.29, 1.82) is 0 Å². The van der Waals surface area contributed by atoms with Crippen LogP contribution in [-0.4, -0.2) is 24.2 Å². The van der Waals surface area contributed by atoms with Crippen LogP contribution < -0.4 is 11.1 Å². The molecule has 0 bridgehead atoms. The molecular formula is C13H20N2O. The van der Waals surface area contributed by atoms with Gasteiger partial charge in [0.2, 0.25) is 0 Å². The number of benzene rings is 1. The van der Waals surface area contributed by atoms with Gasteiger partial charge in [0.15, 0.2) is 0 Å². The van der Waals surface area contributed by atoms with Gasteiger partial charge in [-0.2, -0.15) is 0 Å². The number of para-hydroxylation sites is 1. The van der Waals surface area contributed by atoms with Crippen molar-refractivity contribution in [1.82, 2.24) is 5.32 Å². The highest BCUT2D eigenvalue weighted by molar-refractivity contribution is 5.36. The zero-order valence-corrected chi connectivity index (χ0v) is 9.69. The molecule has 0 spiro atoms. The molecule has 1 heterocycles. The van der Waals surface area contributed by atoms with Crippen LogP contribution in [0.3, 0.4) is 0 Å². The van der Waals surface area contributed by atoms with Crippen molar-refractivity contribution < 1.29 is 5.11 Å². The molecule has 0 saturated carbocycles. The summed E-state index contributed by atoms with van der Waals surface area (Å²) in [6, 6.07) is 8.11. The highest BCUT2D eigenvalue weighted by Gasteiger charge is 2.29. The molecule has 0 radical (unpaired) electrons. The summed E-state index contributed by atoms with van der Waals surface area (Å²) in [5.41, 5.74) is 6.85. The lowest BCUT2D eigenvalue weighted by Gasteiger charge is -2.35. The van der Waals surface area contributed by atoms with Gasteiger partial charge in [-0.3, -0.25) is 0 Å². The molecule has 3 nitrogen and oxygen atoms in total. The summed E-state index contributed by atoms with van der Waals surface area (Å²) in [5, 5.41) is 13.3. The second-order valence-corrected chi connectivity index (χ2v) is 4.71. The zero-order valence-electron chi connectivity index (χ0n) is 9.69. The van der Waals surface area contributed by atoms with E-state index < -0.39 is 0 Å². The van der Waals surface area contributed by atoms with E-state index in [4.69, 9.17) is 5.73 Å². The van der Waals surface area contributed by atoms with Crippen LogP contribution in [0.25, 0.3) is 0 Å². The molecule has 1 aromatic rings. The van der Waals surface area contributed by atoms with Gasteiger partial charge in [-0.25, -0.2) is 0 Å². The van der Waals surface area contributed by atoms with Crippen molar-refractivity contribution in [2.45, 2.75) is 25.3 Å². The van der Waals surface area contributed by atoms with Crippen LogP contribution in [0.5, 0.6) is 5.75 Å². The number of piperidine rings is 1. The van der Waals surface area contributed by atoms with Gasteiger partial charge in [0.25, 0.3) is 0 Å². The Labute approximate surface area is 96.7 Å². The monoisotopic (exact) mass is 220 g/mol. The predicted molar refractivity (Wildman–Crippen MR) is 65.5 cm³/mol. The third-order valence-electron chi connectivity index (χ3n) is 3.54. The Morgan fingerprint density at radius 1 is 1.44 bits per heavy atom. The Kier molecular flexibility index (Phi) is 3.46. The molecule has 2 rings (SSSR count). The summed E-state index contributed by atoms with van der Waals surface area (Å²) >= 11 is 0. The molecular weight excluding hydrogens is 200 g/mol. The largest absolute Gasteiger partial charge is 0.508 e. The lowest BCUT2D eigenvalue weighted by Crippen LogP contribution is -2.44. The number of aromatic hydroxyl groups is 1. The second kappa shape index (κ2) is 4.85. The fraction of sp³-hybridized carbons (Fsp3) is 0.538. The third-order valence-corrected chi connectivity index (χ3v) is 3.54. The summed E-state index contributed by atoms with van der Waals surface area (Å²) in [5.74, 6) is 1.20. The Bertz CT molecular complexity index is 354. The maximum atomic E-state index is 9.90. The summed E-state index contributed by atoms with van der Waals surface area (Å²) in [4.78, 5) is 0. The quantitative estimate of drug-likeness (QED) is 0.706. The number of hydrogen-bond acceptors (Lipinski definition) is 3. The van der Waals surface area contributed by atoms with Crippen molar-refractivity contribution >= 4 is 0 Å². The van der Waals surface area contributed by atoms with Crippen molar-refractivity contribution in [2.24, 2.45) is 11.7 Å². The molecule has 4 N–H and O–H groups in total. The first-order valence-electron chi connectivity index (χ1n) is 5.93. The van der Waals surface area contributed by atoms with Gasteiger partial charge in [-0.1, -0.05) is 18.2 Å². The molecule has 88 valence electrons. The Morgan fingerprint density at radius 2 is 2.19 bits per heavy atom. The molecule has 1 aliphatic rings. The summed E-state index contributed by atoms with van der Waals surface area (Å²) < 4.78 is 0. The third kappa shape index (κ3) is 2.20. The highest BCUT2D eigenvalue weighted by atomic mass is 16.3. The van der Waals surface area contributed by atoms with Crippen LogP contribution in [0.1, 0.15) is 24.8 Å². The summed E-state index contributed by atoms with van der Waals surface area (Å²) in [6.07, 6.45) is 1.04. The van der Waals surface area contributed by atoms with Crippen molar-refractivity contribution in [3.05, 3.63) is 29.8 Å². The first-order valence-corrected chi connectivity index (χ1v) is 5.93. The van der Waals surface area contributed by atoms with E-state index in [1.165, 1.54) is 0 Å². The van der Waals surface area contributed by atoms with E-state index in [9.17, 15) is 5.11 Å². The molecule has 0 aliphatic carbocycles. The molecule has 1 aromatic carbocycles. The van der Waals surface area contributed by atoms with E-state index in [0.29, 0.717) is 30.2 Å². The minimum absolute atomic E-state index is 0.377. The zero-order chi connectivity index (χ0) is 11.5. The first-order chi connectivity index (χ1) is 7.72. The Hall–Kier alpha value is -1.06. The molecule has 0 aromatic heterocycles. The smallest absolute Gasteiger partial charge is 0.119 e. The van der Waals surface area contributed by atoms with Crippen LogP contribution in [0.2, 0.25) is 0 Å². The number of nitrogens with one attached hydrogen (secondary N) is 1. The maximum absolute atomic E-state index is 9.90. The van der Waals surface area contributed by atoms with Gasteiger partial charge in [0, 0.05) is 6.04 Å². The standard InChI is InChI=1S/C13H20N2O/c1-9-6-12(10(7-14)8-15-9)11-4-2-3-5-13(11)16/h2-5,9-10,12,15-16H,6-8,14H2,1H3. The van der Waals surface area contributed by atoms with Crippen molar-refractivity contribution in [3.63, 3.8) is 0 Å².